The van der Waals surface area contributed by atoms with Crippen LogP contribution in [-0.4, -0.2) is 60.3 Å². The first-order chi connectivity index (χ1) is 16.2. The second kappa shape index (κ2) is 8.39. The Bertz CT molecular complexity index is 1340. The van der Waals surface area contributed by atoms with E-state index in [0.29, 0.717) is 35.3 Å². The molecule has 10 nitrogen and oxygen atoms in total. The van der Waals surface area contributed by atoms with Gasteiger partial charge < -0.3 is 20.5 Å². The number of aliphatic hydroxyl groups is 1. The van der Waals surface area contributed by atoms with E-state index in [0.717, 1.165) is 31.6 Å². The van der Waals surface area contributed by atoms with E-state index in [9.17, 15) is 9.50 Å². The first-order valence-corrected chi connectivity index (χ1v) is 11.4. The van der Waals surface area contributed by atoms with Gasteiger partial charge in [0.15, 0.2) is 23.0 Å². The summed E-state index contributed by atoms with van der Waals surface area (Å²) in [6.45, 7) is 5.89. The number of aryl methyl sites for hydroxylation is 1. The van der Waals surface area contributed by atoms with Crippen LogP contribution in [0.1, 0.15) is 44.9 Å². The summed E-state index contributed by atoms with van der Waals surface area (Å²) in [4.78, 5) is 11.4. The smallest absolute Gasteiger partial charge is 0.223 e. The van der Waals surface area contributed by atoms with Crippen molar-refractivity contribution in [3.05, 3.63) is 36.2 Å². The number of ether oxygens (including phenoxy) is 1. The Balaban J connectivity index is 1.41. The average molecular weight is 469 g/mol. The van der Waals surface area contributed by atoms with Crippen molar-refractivity contribution in [1.29, 1.82) is 0 Å². The third-order valence-electron chi connectivity index (χ3n) is 6.31. The first-order valence-electron chi connectivity index (χ1n) is 11.4. The Morgan fingerprint density at radius 3 is 2.88 bits per heavy atom. The Morgan fingerprint density at radius 2 is 2.12 bits per heavy atom. The number of halogens is 1. The first kappa shape index (κ1) is 22.3. The molecule has 0 saturated carbocycles. The summed E-state index contributed by atoms with van der Waals surface area (Å²) in [5.74, 6) is 0.561. The number of nitrogen functional groups attached to an aromatic ring is 1. The fraction of sp³-hybridized carbons (Fsp3) is 0.478. The van der Waals surface area contributed by atoms with Gasteiger partial charge in [-0.2, -0.15) is 9.61 Å². The summed E-state index contributed by atoms with van der Waals surface area (Å²) in [5, 5.41) is 19.6. The van der Waals surface area contributed by atoms with Gasteiger partial charge in [0, 0.05) is 43.2 Å². The molecule has 0 radical (unpaired) electrons. The zero-order valence-corrected chi connectivity index (χ0v) is 19.6. The standard InChI is InChI=1S/C23H29FN8O2/c1-23(2,33)6-8-31-13-15(11-26-31)30-7-4-5-14(12-30)20-28-21-16-9-17(24)19(34-3)10-18(16)27-22(25)32(21)29-20/h9-11,13-14,33H,4-8,12H2,1-3H3,(H2,25,27)/t14-/m1/s1. The maximum absolute atomic E-state index is 14.4. The van der Waals surface area contributed by atoms with Crippen molar-refractivity contribution in [2.24, 2.45) is 0 Å². The number of hydrogen-bond donors (Lipinski definition) is 2. The molecule has 1 atom stereocenters. The van der Waals surface area contributed by atoms with Crippen molar-refractivity contribution in [3.63, 3.8) is 0 Å². The molecule has 34 heavy (non-hydrogen) atoms. The molecule has 4 heterocycles. The summed E-state index contributed by atoms with van der Waals surface area (Å²) in [6, 6.07) is 2.89. The zero-order chi connectivity index (χ0) is 24.0. The highest BCUT2D eigenvalue weighted by Crippen LogP contribution is 2.31. The van der Waals surface area contributed by atoms with E-state index in [1.54, 1.807) is 13.8 Å². The van der Waals surface area contributed by atoms with Crippen LogP contribution in [0.5, 0.6) is 5.75 Å². The van der Waals surface area contributed by atoms with Crippen molar-refractivity contribution in [3.8, 4) is 5.75 Å². The van der Waals surface area contributed by atoms with Gasteiger partial charge in [0.05, 0.1) is 30.1 Å². The molecule has 1 aliphatic heterocycles. The minimum absolute atomic E-state index is 0.0888. The van der Waals surface area contributed by atoms with Crippen molar-refractivity contribution in [2.45, 2.75) is 51.2 Å². The van der Waals surface area contributed by atoms with Crippen molar-refractivity contribution in [2.75, 3.05) is 30.8 Å². The highest BCUT2D eigenvalue weighted by molar-refractivity contribution is 5.93. The van der Waals surface area contributed by atoms with Crippen molar-refractivity contribution < 1.29 is 14.2 Å². The molecule has 11 heteroatoms. The van der Waals surface area contributed by atoms with E-state index in [1.165, 1.54) is 23.8 Å². The molecule has 1 aromatic carbocycles. The van der Waals surface area contributed by atoms with E-state index >= 15 is 0 Å². The van der Waals surface area contributed by atoms with Gasteiger partial charge in [-0.1, -0.05) is 0 Å². The molecule has 5 rings (SSSR count). The molecule has 180 valence electrons. The number of rotatable bonds is 6. The Kier molecular flexibility index (Phi) is 5.51. The van der Waals surface area contributed by atoms with Gasteiger partial charge in [-0.05, 0) is 39.2 Å². The zero-order valence-electron chi connectivity index (χ0n) is 19.6. The maximum atomic E-state index is 14.4. The van der Waals surface area contributed by atoms with Crippen LogP contribution < -0.4 is 15.4 Å². The Labute approximate surface area is 196 Å². The molecule has 3 aromatic heterocycles. The summed E-state index contributed by atoms with van der Waals surface area (Å²) < 4.78 is 22.8. The SMILES string of the molecule is COc1cc2nc(N)n3nc([C@@H]4CCCN(c5cnn(CCC(C)(C)O)c5)C4)nc3c2cc1F. The van der Waals surface area contributed by atoms with E-state index in [-0.39, 0.29) is 17.6 Å². The highest BCUT2D eigenvalue weighted by atomic mass is 19.1. The van der Waals surface area contributed by atoms with E-state index in [4.69, 9.17) is 15.5 Å². The van der Waals surface area contributed by atoms with Crippen LogP contribution >= 0.6 is 0 Å². The number of anilines is 2. The molecule has 1 fully saturated rings. The van der Waals surface area contributed by atoms with Gasteiger partial charge in [-0.3, -0.25) is 4.68 Å². The number of piperidine rings is 1. The molecule has 0 spiro atoms. The fourth-order valence-electron chi connectivity index (χ4n) is 4.43. The summed E-state index contributed by atoms with van der Waals surface area (Å²) in [6.07, 6.45) is 6.41. The third kappa shape index (κ3) is 4.23. The molecule has 0 amide bonds. The Morgan fingerprint density at radius 1 is 1.29 bits per heavy atom. The van der Waals surface area contributed by atoms with Gasteiger partial charge in [0.1, 0.15) is 0 Å². The number of hydrogen-bond acceptors (Lipinski definition) is 8. The molecule has 0 bridgehead atoms. The van der Waals surface area contributed by atoms with Gasteiger partial charge in [0.25, 0.3) is 0 Å². The molecule has 1 aliphatic rings. The summed E-state index contributed by atoms with van der Waals surface area (Å²) in [5.41, 5.74) is 7.44. The van der Waals surface area contributed by atoms with Crippen LogP contribution in [0.4, 0.5) is 16.0 Å². The van der Waals surface area contributed by atoms with Crippen LogP contribution in [-0.2, 0) is 6.54 Å². The van der Waals surface area contributed by atoms with E-state index in [1.807, 2.05) is 17.1 Å². The molecular weight excluding hydrogens is 439 g/mol. The van der Waals surface area contributed by atoms with Gasteiger partial charge in [0.2, 0.25) is 5.95 Å². The number of nitrogens with zero attached hydrogens (tertiary/aromatic N) is 7. The van der Waals surface area contributed by atoms with Crippen molar-refractivity contribution in [1.82, 2.24) is 29.4 Å². The maximum Gasteiger partial charge on any atom is 0.223 e. The molecular formula is C23H29FN8O2. The quantitative estimate of drug-likeness (QED) is 0.443. The molecule has 1 saturated heterocycles. The second-order valence-electron chi connectivity index (χ2n) is 9.49. The number of nitrogens with two attached hydrogens (primary N) is 1. The van der Waals surface area contributed by atoms with Gasteiger partial charge in [-0.25, -0.2) is 14.4 Å². The predicted octanol–water partition coefficient (Wildman–Crippen LogP) is 2.75. The Hall–Kier alpha value is -3.47. The number of benzene rings is 1. The minimum atomic E-state index is -0.730. The van der Waals surface area contributed by atoms with Crippen LogP contribution in [0.2, 0.25) is 0 Å². The van der Waals surface area contributed by atoms with Gasteiger partial charge >= 0.3 is 0 Å². The van der Waals surface area contributed by atoms with Crippen LogP contribution in [0, 0.1) is 5.82 Å². The van der Waals surface area contributed by atoms with Crippen LogP contribution in [0.15, 0.2) is 24.5 Å². The van der Waals surface area contributed by atoms with E-state index < -0.39 is 11.4 Å². The lowest BCUT2D eigenvalue weighted by atomic mass is 9.97. The lowest BCUT2D eigenvalue weighted by Crippen LogP contribution is -2.34. The molecule has 3 N–H and O–H groups in total. The predicted molar refractivity (Wildman–Crippen MR) is 127 cm³/mol. The van der Waals surface area contributed by atoms with Crippen LogP contribution in [0.25, 0.3) is 16.6 Å². The second-order valence-corrected chi connectivity index (χ2v) is 9.49. The topological polar surface area (TPSA) is 120 Å². The van der Waals surface area contributed by atoms with Crippen LogP contribution in [0.3, 0.4) is 0 Å². The number of aromatic nitrogens is 6. The molecule has 0 aliphatic carbocycles. The number of methoxy groups -OCH3 is 1. The summed E-state index contributed by atoms with van der Waals surface area (Å²) in [7, 11) is 1.41. The minimum Gasteiger partial charge on any atom is -0.494 e. The number of fused-ring (bicyclic) bond motifs is 3. The molecule has 4 aromatic rings. The highest BCUT2D eigenvalue weighted by Gasteiger charge is 2.27. The third-order valence-corrected chi connectivity index (χ3v) is 6.31. The molecule has 0 unspecified atom stereocenters. The van der Waals surface area contributed by atoms with Crippen molar-refractivity contribution >= 4 is 28.2 Å². The van der Waals surface area contributed by atoms with Gasteiger partial charge in [-0.15, -0.1) is 5.10 Å². The lowest BCUT2D eigenvalue weighted by molar-refractivity contribution is 0.0651. The largest absolute Gasteiger partial charge is 0.494 e. The monoisotopic (exact) mass is 468 g/mol. The normalized spacial score (nSPS) is 17.1. The average Bonchev–Trinajstić information content (AvgIpc) is 3.46. The fourth-order valence-corrected chi connectivity index (χ4v) is 4.43. The summed E-state index contributed by atoms with van der Waals surface area (Å²) >= 11 is 0. The lowest BCUT2D eigenvalue weighted by Gasteiger charge is -2.32. The van der Waals surface area contributed by atoms with E-state index in [2.05, 4.69) is 20.1 Å².